The molecule has 0 amide bonds. The number of carbonyl (C=O) groups excluding carboxylic acids is 1. The van der Waals surface area contributed by atoms with E-state index in [1.807, 2.05) is 25.3 Å². The van der Waals surface area contributed by atoms with Crippen molar-refractivity contribution < 1.29 is 19.0 Å². The fourth-order valence-corrected chi connectivity index (χ4v) is 3.17. The summed E-state index contributed by atoms with van der Waals surface area (Å²) in [7, 11) is 2.79. The quantitative estimate of drug-likeness (QED) is 0.221. The third-order valence-corrected chi connectivity index (χ3v) is 4.91. The predicted molar refractivity (Wildman–Crippen MR) is 124 cm³/mol. The van der Waals surface area contributed by atoms with Gasteiger partial charge in [-0.3, -0.25) is 4.79 Å². The fourth-order valence-electron chi connectivity index (χ4n) is 3.17. The highest BCUT2D eigenvalue weighted by atomic mass is 16.6. The summed E-state index contributed by atoms with van der Waals surface area (Å²) < 4.78 is 14.9. The minimum Gasteiger partial charge on any atom is -0.505 e. The lowest BCUT2D eigenvalue weighted by atomic mass is 10.0. The van der Waals surface area contributed by atoms with Crippen molar-refractivity contribution in [3.8, 4) is 0 Å². The standard InChI is InChI=1S/C23H27N5O5/c1-4-17-26-20-19(21(29)27-17)16(13-25-20)10-7-14-5-8-15(9-6-14)22(30)33-18(11-12-31-2)28-23(24)32-3/h5-6,8-9,11,13H,4,7,10,12H2,1-3H3,(H4,24,25,26,27,28,29)/p-1. The van der Waals surface area contributed by atoms with Gasteiger partial charge >= 0.3 is 5.97 Å². The molecule has 174 valence electrons. The number of aromatic amines is 2. The van der Waals surface area contributed by atoms with Crippen molar-refractivity contribution in [1.82, 2.24) is 15.0 Å². The molecule has 10 heteroatoms. The van der Waals surface area contributed by atoms with Crippen LogP contribution in [0, 0.1) is 0 Å². The van der Waals surface area contributed by atoms with Gasteiger partial charge in [-0.05, 0) is 42.2 Å². The van der Waals surface area contributed by atoms with Gasteiger partial charge in [0.1, 0.15) is 17.4 Å². The van der Waals surface area contributed by atoms with E-state index in [1.54, 1.807) is 12.1 Å². The number of aliphatic imine (C=N–C) groups is 1. The number of nitrogens with zero attached hydrogens (tertiary/aromatic N) is 2. The maximum Gasteiger partial charge on any atom is 0.343 e. The zero-order chi connectivity index (χ0) is 23.8. The number of rotatable bonds is 9. The Hall–Kier alpha value is -3.92. The lowest BCUT2D eigenvalue weighted by Crippen LogP contribution is -2.12. The first-order valence-corrected chi connectivity index (χ1v) is 10.4. The SMILES string of the molecule is CCc1nc2[nH]cc(CCc3ccc(C(=O)OC(=CCOC)N=C([NH-])OC)cc3)c2c(=O)[nH]1. The van der Waals surface area contributed by atoms with E-state index >= 15 is 0 Å². The summed E-state index contributed by atoms with van der Waals surface area (Å²) in [6.45, 7) is 2.09. The highest BCUT2D eigenvalue weighted by Gasteiger charge is 2.12. The maximum atomic E-state index is 12.5. The highest BCUT2D eigenvalue weighted by Crippen LogP contribution is 2.16. The summed E-state index contributed by atoms with van der Waals surface area (Å²) in [5.41, 5.74) is 10.1. The van der Waals surface area contributed by atoms with E-state index in [-0.39, 0.29) is 18.0 Å². The Balaban J connectivity index is 1.67. The van der Waals surface area contributed by atoms with Gasteiger partial charge in [0.2, 0.25) is 0 Å². The molecule has 0 spiro atoms. The van der Waals surface area contributed by atoms with Crippen LogP contribution in [-0.4, -0.2) is 47.8 Å². The maximum absolute atomic E-state index is 12.5. The molecule has 2 heterocycles. The Morgan fingerprint density at radius 2 is 1.97 bits per heavy atom. The zero-order valence-electron chi connectivity index (χ0n) is 18.7. The highest BCUT2D eigenvalue weighted by molar-refractivity contribution is 5.90. The monoisotopic (exact) mass is 452 g/mol. The average molecular weight is 452 g/mol. The van der Waals surface area contributed by atoms with Gasteiger partial charge in [0.25, 0.3) is 5.56 Å². The van der Waals surface area contributed by atoms with Gasteiger partial charge in [0, 0.05) is 19.7 Å². The fraction of sp³-hybridized carbons (Fsp3) is 0.304. The molecule has 3 aromatic rings. The van der Waals surface area contributed by atoms with Crippen LogP contribution in [0.3, 0.4) is 0 Å². The van der Waals surface area contributed by atoms with E-state index in [0.717, 1.165) is 11.1 Å². The second-order valence-electron chi connectivity index (χ2n) is 7.11. The van der Waals surface area contributed by atoms with Crippen molar-refractivity contribution in [2.75, 3.05) is 20.8 Å². The van der Waals surface area contributed by atoms with Crippen molar-refractivity contribution in [2.45, 2.75) is 26.2 Å². The molecule has 0 aliphatic heterocycles. The number of H-pyrrole nitrogens is 2. The Kier molecular flexibility index (Phi) is 7.98. The number of nitrogens with one attached hydrogen (secondary N) is 3. The summed E-state index contributed by atoms with van der Waals surface area (Å²) in [4.78, 5) is 38.9. The molecular formula is C23H26N5O5-. The first-order chi connectivity index (χ1) is 15.9. The van der Waals surface area contributed by atoms with Crippen molar-refractivity contribution in [2.24, 2.45) is 4.99 Å². The number of ether oxygens (including phenoxy) is 3. The normalized spacial score (nSPS) is 12.2. The van der Waals surface area contributed by atoms with E-state index in [0.29, 0.717) is 41.7 Å². The van der Waals surface area contributed by atoms with Gasteiger partial charge < -0.3 is 34.9 Å². The largest absolute Gasteiger partial charge is 0.505 e. The van der Waals surface area contributed by atoms with Gasteiger partial charge in [0.05, 0.1) is 30.7 Å². The van der Waals surface area contributed by atoms with E-state index in [4.69, 9.17) is 15.2 Å². The third-order valence-electron chi connectivity index (χ3n) is 4.91. The van der Waals surface area contributed by atoms with E-state index in [9.17, 15) is 9.59 Å². The molecule has 0 aliphatic rings. The van der Waals surface area contributed by atoms with Crippen LogP contribution in [0.4, 0.5) is 0 Å². The number of benzene rings is 1. The van der Waals surface area contributed by atoms with Crippen LogP contribution in [0.1, 0.15) is 34.2 Å². The van der Waals surface area contributed by atoms with Gasteiger partial charge in [-0.15, -0.1) is 0 Å². The summed E-state index contributed by atoms with van der Waals surface area (Å²) in [5.74, 6) is -0.0462. The first kappa shape index (κ1) is 23.7. The Labute approximate surface area is 190 Å². The number of amidine groups is 1. The topological polar surface area (TPSA) is 142 Å². The number of fused-ring (bicyclic) bond motifs is 1. The van der Waals surface area contributed by atoms with Crippen molar-refractivity contribution >= 4 is 23.0 Å². The van der Waals surface area contributed by atoms with E-state index < -0.39 is 12.0 Å². The lowest BCUT2D eigenvalue weighted by molar-refractivity contribution is 0.0617. The Morgan fingerprint density at radius 1 is 1.21 bits per heavy atom. The molecule has 1 aromatic carbocycles. The molecule has 10 nitrogen and oxygen atoms in total. The van der Waals surface area contributed by atoms with Crippen LogP contribution in [0.25, 0.3) is 16.8 Å². The van der Waals surface area contributed by atoms with Crippen LogP contribution in [0.15, 0.2) is 52.2 Å². The van der Waals surface area contributed by atoms with Crippen LogP contribution < -0.4 is 5.56 Å². The predicted octanol–water partition coefficient (Wildman–Crippen LogP) is 3.30. The molecule has 33 heavy (non-hydrogen) atoms. The number of hydrogen-bond acceptors (Lipinski definition) is 7. The van der Waals surface area contributed by atoms with Gasteiger partial charge in [0.15, 0.2) is 0 Å². The van der Waals surface area contributed by atoms with Gasteiger partial charge in [-0.2, -0.15) is 0 Å². The van der Waals surface area contributed by atoms with Crippen molar-refractivity contribution in [3.63, 3.8) is 0 Å². The van der Waals surface area contributed by atoms with Crippen LogP contribution in [0.2, 0.25) is 0 Å². The number of hydrogen-bond donors (Lipinski definition) is 2. The molecule has 0 atom stereocenters. The molecule has 0 bridgehead atoms. The van der Waals surface area contributed by atoms with Gasteiger partial charge in [-0.25, -0.2) is 9.78 Å². The van der Waals surface area contributed by atoms with Crippen molar-refractivity contribution in [3.05, 3.63) is 81.0 Å². The molecule has 3 rings (SSSR count). The number of carbonyl (C=O) groups is 1. The molecule has 0 saturated carbocycles. The van der Waals surface area contributed by atoms with Crippen LogP contribution in [-0.2, 0) is 33.5 Å². The summed E-state index contributed by atoms with van der Waals surface area (Å²) in [5, 5.41) is 0.577. The lowest BCUT2D eigenvalue weighted by Gasteiger charge is -2.13. The third kappa shape index (κ3) is 6.07. The number of methoxy groups -OCH3 is 2. The molecule has 0 unspecified atom stereocenters. The molecule has 0 radical (unpaired) electrons. The summed E-state index contributed by atoms with van der Waals surface area (Å²) in [6.07, 6.45) is 5.22. The number of aromatic nitrogens is 3. The number of aryl methyl sites for hydroxylation is 3. The van der Waals surface area contributed by atoms with E-state index in [1.165, 1.54) is 20.3 Å². The Morgan fingerprint density at radius 3 is 2.64 bits per heavy atom. The minimum absolute atomic E-state index is 0.0813. The minimum atomic E-state index is -0.613. The molecular weight excluding hydrogens is 426 g/mol. The summed E-state index contributed by atoms with van der Waals surface area (Å²) >= 11 is 0. The number of esters is 1. The molecule has 2 aromatic heterocycles. The first-order valence-electron chi connectivity index (χ1n) is 10.4. The molecule has 0 saturated heterocycles. The Bertz CT molecular complexity index is 1220. The van der Waals surface area contributed by atoms with Crippen LogP contribution in [0.5, 0.6) is 0 Å². The van der Waals surface area contributed by atoms with Crippen molar-refractivity contribution in [1.29, 1.82) is 0 Å². The molecule has 3 N–H and O–H groups in total. The van der Waals surface area contributed by atoms with Gasteiger partial charge in [-0.1, -0.05) is 19.1 Å². The van der Waals surface area contributed by atoms with Crippen LogP contribution >= 0.6 is 0 Å². The average Bonchev–Trinajstić information content (AvgIpc) is 3.24. The second-order valence-corrected chi connectivity index (χ2v) is 7.11. The zero-order valence-corrected chi connectivity index (χ0v) is 18.7. The molecule has 0 fully saturated rings. The second kappa shape index (κ2) is 11.1. The molecule has 0 aliphatic carbocycles. The van der Waals surface area contributed by atoms with E-state index in [2.05, 4.69) is 24.7 Å². The summed E-state index contributed by atoms with van der Waals surface area (Å²) in [6, 6.07) is 6.58. The smallest absolute Gasteiger partial charge is 0.343 e.